The molecule has 0 spiro atoms. The molecule has 2 N–H and O–H groups in total. The maximum Gasteiger partial charge on any atom is 0.230 e. The lowest BCUT2D eigenvalue weighted by molar-refractivity contribution is -0.119. The Morgan fingerprint density at radius 1 is 1.40 bits per heavy atom. The van der Waals surface area contributed by atoms with Crippen molar-refractivity contribution >= 4 is 29.3 Å². The van der Waals surface area contributed by atoms with Gasteiger partial charge in [0.1, 0.15) is 12.4 Å². The van der Waals surface area contributed by atoms with E-state index < -0.39 is 0 Å². The van der Waals surface area contributed by atoms with Gasteiger partial charge >= 0.3 is 0 Å². The molecule has 2 rings (SSSR count). The van der Waals surface area contributed by atoms with Gasteiger partial charge in [0, 0.05) is 11.1 Å². The van der Waals surface area contributed by atoms with E-state index in [1.54, 1.807) is 6.07 Å². The van der Waals surface area contributed by atoms with Crippen LogP contribution in [0, 0.1) is 12.8 Å². The summed E-state index contributed by atoms with van der Waals surface area (Å²) in [5, 5.41) is 11.1. The summed E-state index contributed by atoms with van der Waals surface area (Å²) in [6, 6.07) is 5.62. The fraction of sp³-hybridized carbons (Fsp3) is 0.471. The average Bonchev–Trinajstić information content (AvgIpc) is 3.02. The molecule has 25 heavy (non-hydrogen) atoms. The molecule has 1 aromatic heterocycles. The third-order valence-corrected chi connectivity index (χ3v) is 5.01. The number of aromatic amines is 1. The van der Waals surface area contributed by atoms with Crippen molar-refractivity contribution in [3.63, 3.8) is 0 Å². The molecular formula is C17H23ClN4O2S. The summed E-state index contributed by atoms with van der Waals surface area (Å²) < 4.78 is 5.66. The molecule has 0 fully saturated rings. The Morgan fingerprint density at radius 2 is 2.16 bits per heavy atom. The number of H-pyrrole nitrogens is 1. The molecule has 0 aliphatic carbocycles. The van der Waals surface area contributed by atoms with E-state index in [4.69, 9.17) is 16.3 Å². The van der Waals surface area contributed by atoms with Crippen LogP contribution in [-0.4, -0.2) is 32.9 Å². The third-order valence-electron chi connectivity index (χ3n) is 3.74. The van der Waals surface area contributed by atoms with Gasteiger partial charge in [-0.05, 0) is 43.5 Å². The van der Waals surface area contributed by atoms with E-state index in [0.717, 1.165) is 11.3 Å². The predicted molar refractivity (Wildman–Crippen MR) is 100 cm³/mol. The van der Waals surface area contributed by atoms with Crippen LogP contribution < -0.4 is 10.1 Å². The molecule has 1 aromatic carbocycles. The number of carbonyl (C=O) groups is 1. The van der Waals surface area contributed by atoms with Crippen molar-refractivity contribution in [2.45, 2.75) is 45.5 Å². The second kappa shape index (κ2) is 9.10. The van der Waals surface area contributed by atoms with Crippen LogP contribution in [0.3, 0.4) is 0 Å². The highest BCUT2D eigenvalue weighted by Gasteiger charge is 2.12. The fourth-order valence-corrected chi connectivity index (χ4v) is 2.60. The number of rotatable bonds is 8. The molecule has 2 aromatic rings. The summed E-state index contributed by atoms with van der Waals surface area (Å²) in [4.78, 5) is 16.2. The molecule has 136 valence electrons. The smallest absolute Gasteiger partial charge is 0.230 e. The standard InChI is InChI=1S/C17H23ClN4O2S/c1-10(2)12(4)19-16(23)9-25-17-20-15(21-22-17)8-24-13-5-6-14(18)11(3)7-13/h5-7,10,12H,8-9H2,1-4H3,(H,19,23)(H,20,21,22). The van der Waals surface area contributed by atoms with Gasteiger partial charge in [0.25, 0.3) is 0 Å². The molecule has 1 heterocycles. The minimum absolute atomic E-state index is 0.0227. The molecule has 0 saturated heterocycles. The highest BCUT2D eigenvalue weighted by Crippen LogP contribution is 2.21. The van der Waals surface area contributed by atoms with E-state index in [9.17, 15) is 4.79 Å². The number of nitrogens with one attached hydrogen (secondary N) is 2. The van der Waals surface area contributed by atoms with Crippen LogP contribution in [0.2, 0.25) is 5.02 Å². The lowest BCUT2D eigenvalue weighted by atomic mass is 10.1. The summed E-state index contributed by atoms with van der Waals surface area (Å²) >= 11 is 7.28. The summed E-state index contributed by atoms with van der Waals surface area (Å²) in [5.74, 6) is 1.98. The van der Waals surface area contributed by atoms with Crippen molar-refractivity contribution in [1.29, 1.82) is 0 Å². The topological polar surface area (TPSA) is 79.9 Å². The number of nitrogens with zero attached hydrogens (tertiary/aromatic N) is 2. The van der Waals surface area contributed by atoms with E-state index in [2.05, 4.69) is 34.3 Å². The monoisotopic (exact) mass is 382 g/mol. The first-order chi connectivity index (χ1) is 11.8. The van der Waals surface area contributed by atoms with Gasteiger partial charge in [-0.2, -0.15) is 0 Å². The first-order valence-corrected chi connectivity index (χ1v) is 9.44. The summed E-state index contributed by atoms with van der Waals surface area (Å²) in [6.07, 6.45) is 0. The van der Waals surface area contributed by atoms with Crippen LogP contribution in [-0.2, 0) is 11.4 Å². The number of aryl methyl sites for hydroxylation is 1. The number of hydrogen-bond acceptors (Lipinski definition) is 5. The quantitative estimate of drug-likeness (QED) is 0.682. The zero-order valence-corrected chi connectivity index (χ0v) is 16.4. The largest absolute Gasteiger partial charge is 0.486 e. The number of amides is 1. The van der Waals surface area contributed by atoms with Crippen LogP contribution >= 0.6 is 23.4 Å². The number of benzene rings is 1. The molecule has 1 atom stereocenters. The van der Waals surface area contributed by atoms with E-state index in [0.29, 0.717) is 21.9 Å². The van der Waals surface area contributed by atoms with Crippen molar-refractivity contribution in [1.82, 2.24) is 20.5 Å². The first kappa shape index (κ1) is 19.6. The van der Waals surface area contributed by atoms with Gasteiger partial charge in [-0.15, -0.1) is 5.10 Å². The van der Waals surface area contributed by atoms with Gasteiger partial charge in [-0.25, -0.2) is 4.98 Å². The maximum atomic E-state index is 11.9. The van der Waals surface area contributed by atoms with Crippen LogP contribution in [0.4, 0.5) is 0 Å². The van der Waals surface area contributed by atoms with Gasteiger partial charge in [0.15, 0.2) is 5.82 Å². The molecular weight excluding hydrogens is 360 g/mol. The van der Waals surface area contributed by atoms with E-state index >= 15 is 0 Å². The predicted octanol–water partition coefficient (Wildman–Crippen LogP) is 3.60. The van der Waals surface area contributed by atoms with Gasteiger partial charge in [-0.3, -0.25) is 9.89 Å². The first-order valence-electron chi connectivity index (χ1n) is 8.07. The maximum absolute atomic E-state index is 11.9. The second-order valence-corrected chi connectivity index (χ2v) is 7.50. The second-order valence-electron chi connectivity index (χ2n) is 6.15. The van der Waals surface area contributed by atoms with E-state index in [-0.39, 0.29) is 24.3 Å². The van der Waals surface area contributed by atoms with Crippen molar-refractivity contribution in [2.75, 3.05) is 5.75 Å². The molecule has 0 bridgehead atoms. The number of carbonyl (C=O) groups excluding carboxylic acids is 1. The SMILES string of the molecule is Cc1cc(OCc2nc(SCC(=O)NC(C)C(C)C)n[nH]2)ccc1Cl. The summed E-state index contributed by atoms with van der Waals surface area (Å²) in [5.41, 5.74) is 0.953. The van der Waals surface area contributed by atoms with Crippen molar-refractivity contribution < 1.29 is 9.53 Å². The van der Waals surface area contributed by atoms with Gasteiger partial charge in [0.05, 0.1) is 5.75 Å². The Hall–Kier alpha value is -1.73. The van der Waals surface area contributed by atoms with Gasteiger partial charge < -0.3 is 10.1 Å². The molecule has 0 saturated carbocycles. The van der Waals surface area contributed by atoms with E-state index in [1.807, 2.05) is 26.0 Å². The average molecular weight is 383 g/mol. The van der Waals surface area contributed by atoms with Crippen LogP contribution in [0.1, 0.15) is 32.2 Å². The molecule has 1 unspecified atom stereocenters. The molecule has 1 amide bonds. The Bertz CT molecular complexity index is 720. The lowest BCUT2D eigenvalue weighted by Crippen LogP contribution is -2.37. The highest BCUT2D eigenvalue weighted by molar-refractivity contribution is 7.99. The van der Waals surface area contributed by atoms with Crippen LogP contribution in [0.15, 0.2) is 23.4 Å². The number of thioether (sulfide) groups is 1. The lowest BCUT2D eigenvalue weighted by Gasteiger charge is -2.16. The molecule has 0 radical (unpaired) electrons. The number of halogens is 1. The zero-order valence-electron chi connectivity index (χ0n) is 14.8. The summed E-state index contributed by atoms with van der Waals surface area (Å²) in [7, 11) is 0. The summed E-state index contributed by atoms with van der Waals surface area (Å²) in [6.45, 7) is 8.33. The third kappa shape index (κ3) is 6.25. The minimum atomic E-state index is -0.0227. The Labute approximate surface area is 157 Å². The van der Waals surface area contributed by atoms with Gasteiger partial charge in [0.2, 0.25) is 11.1 Å². The normalized spacial score (nSPS) is 12.2. The van der Waals surface area contributed by atoms with Crippen LogP contribution in [0.5, 0.6) is 5.75 Å². The molecule has 0 aliphatic rings. The Morgan fingerprint density at radius 3 is 2.84 bits per heavy atom. The van der Waals surface area contributed by atoms with Crippen molar-refractivity contribution in [2.24, 2.45) is 5.92 Å². The van der Waals surface area contributed by atoms with Crippen LogP contribution in [0.25, 0.3) is 0 Å². The molecule has 6 nitrogen and oxygen atoms in total. The number of ether oxygens (including phenoxy) is 1. The number of aromatic nitrogens is 3. The van der Waals surface area contributed by atoms with Crippen molar-refractivity contribution in [3.8, 4) is 5.75 Å². The van der Waals surface area contributed by atoms with Gasteiger partial charge in [-0.1, -0.05) is 37.2 Å². The molecule has 8 heteroatoms. The van der Waals surface area contributed by atoms with Crippen molar-refractivity contribution in [3.05, 3.63) is 34.6 Å². The zero-order chi connectivity index (χ0) is 18.4. The van der Waals surface area contributed by atoms with E-state index in [1.165, 1.54) is 11.8 Å². The fourth-order valence-electron chi connectivity index (χ4n) is 1.86. The molecule has 0 aliphatic heterocycles. The Balaban J connectivity index is 1.79. The minimum Gasteiger partial charge on any atom is -0.486 e. The Kier molecular flexibility index (Phi) is 7.13. The number of hydrogen-bond donors (Lipinski definition) is 2. The highest BCUT2D eigenvalue weighted by atomic mass is 35.5.